The van der Waals surface area contributed by atoms with E-state index in [4.69, 9.17) is 15.9 Å². The van der Waals surface area contributed by atoms with Crippen LogP contribution in [0, 0.1) is 17.8 Å². The molecule has 5 nitrogen and oxygen atoms in total. The lowest BCUT2D eigenvalue weighted by Gasteiger charge is -2.22. The van der Waals surface area contributed by atoms with Crippen molar-refractivity contribution < 1.29 is 19.8 Å². The predicted octanol–water partition coefficient (Wildman–Crippen LogP) is 1.87. The quantitative estimate of drug-likeness (QED) is 0.676. The summed E-state index contributed by atoms with van der Waals surface area (Å²) in [6, 6.07) is 0.430. The first kappa shape index (κ1) is 15.7. The molecule has 0 saturated heterocycles. The summed E-state index contributed by atoms with van der Waals surface area (Å²) >= 11 is 0. The normalized spacial score (nSPS) is 29.9. The van der Waals surface area contributed by atoms with Gasteiger partial charge in [-0.2, -0.15) is 0 Å². The summed E-state index contributed by atoms with van der Waals surface area (Å²) in [5.74, 6) is 0.628. The van der Waals surface area contributed by atoms with E-state index in [0.29, 0.717) is 18.2 Å². The lowest BCUT2D eigenvalue weighted by molar-refractivity contribution is -0.134. The van der Waals surface area contributed by atoms with Crippen molar-refractivity contribution in [3.8, 4) is 0 Å². The molecule has 2 bridgehead atoms. The van der Waals surface area contributed by atoms with Crippen molar-refractivity contribution in [3.63, 3.8) is 0 Å². The summed E-state index contributed by atoms with van der Waals surface area (Å²) in [5, 5.41) is 15.6. The first-order valence-corrected chi connectivity index (χ1v) is 6.78. The Balaban J connectivity index is 0.000000203. The molecule has 19 heavy (non-hydrogen) atoms. The van der Waals surface area contributed by atoms with Crippen LogP contribution in [0.2, 0.25) is 0 Å². The Bertz CT molecular complexity index is 335. The fourth-order valence-corrected chi connectivity index (χ4v) is 3.29. The summed E-state index contributed by atoms with van der Waals surface area (Å²) in [5.41, 5.74) is 5.80. The summed E-state index contributed by atoms with van der Waals surface area (Å²) in [6.45, 7) is 2.14. The first-order chi connectivity index (χ1) is 8.88. The Labute approximate surface area is 113 Å². The molecule has 2 rings (SSSR count). The van der Waals surface area contributed by atoms with Crippen LogP contribution in [0.25, 0.3) is 0 Å². The van der Waals surface area contributed by atoms with Gasteiger partial charge in [-0.1, -0.05) is 6.42 Å². The van der Waals surface area contributed by atoms with Gasteiger partial charge in [-0.25, -0.2) is 9.59 Å². The Morgan fingerprint density at radius 1 is 1.21 bits per heavy atom. The van der Waals surface area contributed by atoms with Crippen molar-refractivity contribution >= 4 is 11.9 Å². The van der Waals surface area contributed by atoms with Gasteiger partial charge in [0.05, 0.1) is 0 Å². The molecule has 0 radical (unpaired) electrons. The van der Waals surface area contributed by atoms with Gasteiger partial charge in [0.25, 0.3) is 0 Å². The average molecular weight is 269 g/mol. The monoisotopic (exact) mass is 269 g/mol. The lowest BCUT2D eigenvalue weighted by Crippen LogP contribution is -2.22. The molecule has 0 amide bonds. The molecule has 4 unspecified atom stereocenters. The third kappa shape index (κ3) is 5.87. The van der Waals surface area contributed by atoms with E-state index in [1.807, 2.05) is 0 Å². The minimum absolute atomic E-state index is 0.430. The van der Waals surface area contributed by atoms with Crippen molar-refractivity contribution in [1.29, 1.82) is 0 Å². The number of rotatable bonds is 4. The topological polar surface area (TPSA) is 101 Å². The van der Waals surface area contributed by atoms with Crippen molar-refractivity contribution in [3.05, 3.63) is 12.2 Å². The van der Waals surface area contributed by atoms with Crippen molar-refractivity contribution in [2.75, 3.05) is 0 Å². The van der Waals surface area contributed by atoms with Crippen LogP contribution in [-0.2, 0) is 9.59 Å². The number of hydrogen-bond donors (Lipinski definition) is 3. The van der Waals surface area contributed by atoms with Crippen LogP contribution < -0.4 is 5.73 Å². The number of nitrogens with two attached hydrogens (primary N) is 1. The summed E-state index contributed by atoms with van der Waals surface area (Å²) in [6.07, 6.45) is 8.43. The highest BCUT2D eigenvalue weighted by Crippen LogP contribution is 2.49. The second kappa shape index (κ2) is 7.28. The highest BCUT2D eigenvalue weighted by atomic mass is 16.4. The molecule has 0 aliphatic heterocycles. The van der Waals surface area contributed by atoms with E-state index in [-0.39, 0.29) is 0 Å². The largest absolute Gasteiger partial charge is 0.478 e. The fourth-order valence-electron chi connectivity index (χ4n) is 3.29. The molecular formula is C14H23NO4. The molecule has 0 heterocycles. The van der Waals surface area contributed by atoms with Gasteiger partial charge in [0.1, 0.15) is 0 Å². The van der Waals surface area contributed by atoms with Gasteiger partial charge in [-0.15, -0.1) is 0 Å². The van der Waals surface area contributed by atoms with Gasteiger partial charge in [-0.3, -0.25) is 0 Å². The van der Waals surface area contributed by atoms with E-state index >= 15 is 0 Å². The van der Waals surface area contributed by atoms with Crippen LogP contribution in [0.1, 0.15) is 39.0 Å². The van der Waals surface area contributed by atoms with Gasteiger partial charge >= 0.3 is 11.9 Å². The van der Waals surface area contributed by atoms with Crippen molar-refractivity contribution in [2.45, 2.75) is 45.1 Å². The molecule has 5 heteroatoms. The van der Waals surface area contributed by atoms with Gasteiger partial charge < -0.3 is 15.9 Å². The molecule has 0 aromatic heterocycles. The smallest absolute Gasteiger partial charge is 0.328 e. The third-order valence-electron chi connectivity index (χ3n) is 3.93. The van der Waals surface area contributed by atoms with E-state index in [9.17, 15) is 9.59 Å². The molecule has 2 aliphatic carbocycles. The fraction of sp³-hybridized carbons (Fsp3) is 0.714. The van der Waals surface area contributed by atoms with Gasteiger partial charge in [-0.05, 0) is 50.4 Å². The maximum absolute atomic E-state index is 9.55. The minimum atomic E-state index is -1.26. The zero-order valence-corrected chi connectivity index (χ0v) is 11.3. The Hall–Kier alpha value is -1.36. The molecule has 108 valence electrons. The van der Waals surface area contributed by atoms with Crippen LogP contribution >= 0.6 is 0 Å². The van der Waals surface area contributed by atoms with Crippen LogP contribution in [0.5, 0.6) is 0 Å². The summed E-state index contributed by atoms with van der Waals surface area (Å²) < 4.78 is 0. The predicted molar refractivity (Wildman–Crippen MR) is 71.6 cm³/mol. The van der Waals surface area contributed by atoms with Gasteiger partial charge in [0.2, 0.25) is 0 Å². The lowest BCUT2D eigenvalue weighted by atomic mass is 9.85. The number of carboxylic acid groups (broad SMARTS) is 2. The van der Waals surface area contributed by atoms with Crippen LogP contribution in [-0.4, -0.2) is 28.2 Å². The number of aliphatic carboxylic acids is 2. The Kier molecular flexibility index (Phi) is 6.02. The van der Waals surface area contributed by atoms with Crippen LogP contribution in [0.4, 0.5) is 0 Å². The molecule has 2 saturated carbocycles. The van der Waals surface area contributed by atoms with Crippen molar-refractivity contribution in [2.24, 2.45) is 23.5 Å². The van der Waals surface area contributed by atoms with E-state index in [2.05, 4.69) is 6.92 Å². The Morgan fingerprint density at radius 2 is 1.79 bits per heavy atom. The average Bonchev–Trinajstić information content (AvgIpc) is 2.88. The van der Waals surface area contributed by atoms with E-state index in [0.717, 1.165) is 17.8 Å². The molecule has 0 spiro atoms. The third-order valence-corrected chi connectivity index (χ3v) is 3.93. The second-order valence-corrected chi connectivity index (χ2v) is 5.66. The zero-order chi connectivity index (χ0) is 14.4. The molecule has 4 N–H and O–H groups in total. The first-order valence-electron chi connectivity index (χ1n) is 6.78. The van der Waals surface area contributed by atoms with E-state index in [1.165, 1.54) is 32.1 Å². The standard InChI is InChI=1S/C10H19N.C4H4O4/c1-7(11)4-10-6-8-2-3-9(10)5-8;5-3(6)1-2-4(7)8/h7-10H,2-6,11H2,1H3;1-2H,(H,5,6)(H,7,8)/b;2-1-. The second-order valence-electron chi connectivity index (χ2n) is 5.66. The Morgan fingerprint density at radius 3 is 2.11 bits per heavy atom. The molecular weight excluding hydrogens is 246 g/mol. The maximum Gasteiger partial charge on any atom is 0.328 e. The molecule has 2 fully saturated rings. The highest BCUT2D eigenvalue weighted by Gasteiger charge is 2.39. The zero-order valence-electron chi connectivity index (χ0n) is 11.3. The number of carbonyl (C=O) groups is 2. The van der Waals surface area contributed by atoms with Crippen LogP contribution in [0.15, 0.2) is 12.2 Å². The van der Waals surface area contributed by atoms with Crippen molar-refractivity contribution in [1.82, 2.24) is 0 Å². The maximum atomic E-state index is 9.55. The minimum Gasteiger partial charge on any atom is -0.478 e. The van der Waals surface area contributed by atoms with Gasteiger partial charge in [0.15, 0.2) is 0 Å². The molecule has 4 atom stereocenters. The number of carboxylic acids is 2. The summed E-state index contributed by atoms with van der Waals surface area (Å²) in [7, 11) is 0. The molecule has 0 aromatic carbocycles. The number of fused-ring (bicyclic) bond motifs is 2. The van der Waals surface area contributed by atoms with E-state index < -0.39 is 11.9 Å². The van der Waals surface area contributed by atoms with Crippen LogP contribution in [0.3, 0.4) is 0 Å². The van der Waals surface area contributed by atoms with Gasteiger partial charge in [0, 0.05) is 18.2 Å². The highest BCUT2D eigenvalue weighted by molar-refractivity contribution is 5.89. The molecule has 2 aliphatic rings. The SMILES string of the molecule is CC(N)CC1CC2CCC1C2.O=C(O)/C=C\C(=O)O. The molecule has 0 aromatic rings. The number of hydrogen-bond acceptors (Lipinski definition) is 3. The van der Waals surface area contributed by atoms with E-state index in [1.54, 1.807) is 0 Å². The summed E-state index contributed by atoms with van der Waals surface area (Å²) in [4.78, 5) is 19.1.